The minimum atomic E-state index is 0.177. The molecule has 1 aliphatic heterocycles. The van der Waals surface area contributed by atoms with Crippen LogP contribution in [0.4, 0.5) is 0 Å². The fourth-order valence-electron chi connectivity index (χ4n) is 3.66. The van der Waals surface area contributed by atoms with Gasteiger partial charge in [-0.3, -0.25) is 9.78 Å². The molecule has 4 nitrogen and oxygen atoms in total. The van der Waals surface area contributed by atoms with Gasteiger partial charge in [0.05, 0.1) is 10.4 Å². The van der Waals surface area contributed by atoms with Gasteiger partial charge in [-0.15, -0.1) is 11.3 Å². The van der Waals surface area contributed by atoms with Gasteiger partial charge in [0.15, 0.2) is 0 Å². The number of hydrogen-bond donors (Lipinski definition) is 1. The first kappa shape index (κ1) is 17.2. The van der Waals surface area contributed by atoms with Crippen LogP contribution < -0.4 is 5.32 Å². The average Bonchev–Trinajstić information content (AvgIpc) is 3.21. The largest absolute Gasteiger partial charge is 0.338 e. The zero-order valence-electron chi connectivity index (χ0n) is 14.9. The van der Waals surface area contributed by atoms with E-state index in [1.165, 1.54) is 27.8 Å². The van der Waals surface area contributed by atoms with Gasteiger partial charge in [0.2, 0.25) is 0 Å². The number of nitrogens with one attached hydrogen (secondary N) is 1. The van der Waals surface area contributed by atoms with Crippen LogP contribution in [0.5, 0.6) is 0 Å². The second-order valence-electron chi connectivity index (χ2n) is 6.91. The maximum atomic E-state index is 12.4. The number of fused-ring (bicyclic) bond motifs is 1. The minimum Gasteiger partial charge on any atom is -0.338 e. The van der Waals surface area contributed by atoms with Crippen molar-refractivity contribution >= 4 is 28.1 Å². The molecule has 0 atom stereocenters. The van der Waals surface area contributed by atoms with Crippen LogP contribution >= 0.6 is 11.3 Å². The van der Waals surface area contributed by atoms with E-state index in [4.69, 9.17) is 0 Å². The number of hydrogen-bond acceptors (Lipinski definition) is 4. The summed E-state index contributed by atoms with van der Waals surface area (Å²) >= 11 is 1.52. The van der Waals surface area contributed by atoms with Gasteiger partial charge in [-0.1, -0.05) is 18.2 Å². The van der Waals surface area contributed by atoms with Gasteiger partial charge in [-0.25, -0.2) is 0 Å². The maximum absolute atomic E-state index is 12.4. The van der Waals surface area contributed by atoms with Crippen molar-refractivity contribution in [3.05, 3.63) is 64.0 Å². The predicted octanol–water partition coefficient (Wildman–Crippen LogP) is 4.00. The van der Waals surface area contributed by atoms with Crippen molar-refractivity contribution in [3.8, 4) is 0 Å². The zero-order valence-corrected chi connectivity index (χ0v) is 15.8. The third kappa shape index (κ3) is 3.64. The van der Waals surface area contributed by atoms with E-state index in [-0.39, 0.29) is 5.91 Å². The third-order valence-corrected chi connectivity index (χ3v) is 5.92. The lowest BCUT2D eigenvalue weighted by atomic mass is 10.0. The number of pyridine rings is 1. The van der Waals surface area contributed by atoms with Crippen molar-refractivity contribution in [2.45, 2.75) is 32.4 Å². The van der Waals surface area contributed by atoms with Gasteiger partial charge in [0.1, 0.15) is 0 Å². The molecule has 0 saturated carbocycles. The number of nitrogens with zero attached hydrogens (tertiary/aromatic N) is 2. The fourth-order valence-corrected chi connectivity index (χ4v) is 4.35. The number of carbonyl (C=O) groups is 1. The number of rotatable bonds is 4. The summed E-state index contributed by atoms with van der Waals surface area (Å²) in [7, 11) is 0. The van der Waals surface area contributed by atoms with Gasteiger partial charge >= 0.3 is 0 Å². The topological polar surface area (TPSA) is 45.2 Å². The number of amides is 1. The van der Waals surface area contributed by atoms with Crippen molar-refractivity contribution < 1.29 is 4.79 Å². The van der Waals surface area contributed by atoms with Crippen molar-refractivity contribution in [2.75, 3.05) is 13.1 Å². The van der Waals surface area contributed by atoms with E-state index >= 15 is 0 Å². The van der Waals surface area contributed by atoms with Gasteiger partial charge in [0.25, 0.3) is 5.91 Å². The average molecular weight is 366 g/mol. The standard InChI is InChI=1S/C21H23N3OS/c1-15-12-16(13-17-4-2-8-22-20(15)17)14-23-18-6-9-24(10-7-18)21(25)19-5-3-11-26-19/h2-5,8,11-13,18,23H,6-7,9-10,14H2,1H3. The lowest BCUT2D eigenvalue weighted by molar-refractivity contribution is 0.0709. The first-order valence-corrected chi connectivity index (χ1v) is 9.99. The molecule has 2 aromatic heterocycles. The molecule has 0 aliphatic carbocycles. The van der Waals surface area contributed by atoms with Crippen LogP contribution in [-0.4, -0.2) is 34.9 Å². The summed E-state index contributed by atoms with van der Waals surface area (Å²) in [6.07, 6.45) is 3.86. The summed E-state index contributed by atoms with van der Waals surface area (Å²) in [6, 6.07) is 12.9. The minimum absolute atomic E-state index is 0.177. The molecular formula is C21H23N3OS. The van der Waals surface area contributed by atoms with E-state index in [2.05, 4.69) is 35.4 Å². The van der Waals surface area contributed by atoms with E-state index in [9.17, 15) is 4.79 Å². The number of piperidine rings is 1. The van der Waals surface area contributed by atoms with Crippen LogP contribution in [0, 0.1) is 6.92 Å². The molecular weight excluding hydrogens is 342 g/mol. The van der Waals surface area contributed by atoms with Gasteiger partial charge in [-0.05, 0) is 54.5 Å². The number of likely N-dealkylation sites (tertiary alicyclic amines) is 1. The molecule has 1 saturated heterocycles. The molecule has 1 N–H and O–H groups in total. The van der Waals surface area contributed by atoms with Gasteiger partial charge < -0.3 is 10.2 Å². The highest BCUT2D eigenvalue weighted by molar-refractivity contribution is 7.12. The Morgan fingerprint density at radius 1 is 1.27 bits per heavy atom. The van der Waals surface area contributed by atoms with Crippen LogP contribution in [0.3, 0.4) is 0 Å². The molecule has 5 heteroatoms. The van der Waals surface area contributed by atoms with Crippen LogP contribution in [0.1, 0.15) is 33.6 Å². The molecule has 3 heterocycles. The molecule has 1 fully saturated rings. The van der Waals surface area contributed by atoms with Crippen LogP contribution in [0.25, 0.3) is 10.9 Å². The highest BCUT2D eigenvalue weighted by atomic mass is 32.1. The zero-order chi connectivity index (χ0) is 17.9. The van der Waals surface area contributed by atoms with E-state index in [1.54, 1.807) is 0 Å². The van der Waals surface area contributed by atoms with E-state index in [0.717, 1.165) is 42.9 Å². The molecule has 1 aromatic carbocycles. The Labute approximate surface area is 157 Å². The Morgan fingerprint density at radius 3 is 2.88 bits per heavy atom. The smallest absolute Gasteiger partial charge is 0.263 e. The number of benzene rings is 1. The lowest BCUT2D eigenvalue weighted by Gasteiger charge is -2.32. The third-order valence-electron chi connectivity index (χ3n) is 5.06. The van der Waals surface area contributed by atoms with E-state index in [0.29, 0.717) is 6.04 Å². The summed E-state index contributed by atoms with van der Waals surface area (Å²) in [5.41, 5.74) is 3.59. The molecule has 0 radical (unpaired) electrons. The Balaban J connectivity index is 1.33. The molecule has 0 bridgehead atoms. The van der Waals surface area contributed by atoms with Gasteiger partial charge in [-0.2, -0.15) is 0 Å². The SMILES string of the molecule is Cc1cc(CNC2CCN(C(=O)c3cccs3)CC2)cc2cccnc12. The molecule has 0 unspecified atom stereocenters. The molecule has 26 heavy (non-hydrogen) atoms. The molecule has 0 spiro atoms. The Kier molecular flexibility index (Phi) is 5.00. The van der Waals surface area contributed by atoms with Crippen molar-refractivity contribution in [1.82, 2.24) is 15.2 Å². The predicted molar refractivity (Wildman–Crippen MR) is 107 cm³/mol. The highest BCUT2D eigenvalue weighted by Gasteiger charge is 2.23. The molecule has 134 valence electrons. The molecule has 1 aliphatic rings. The van der Waals surface area contributed by atoms with Crippen LogP contribution in [0.2, 0.25) is 0 Å². The van der Waals surface area contributed by atoms with Gasteiger partial charge in [0, 0.05) is 37.3 Å². The number of aromatic nitrogens is 1. The lowest BCUT2D eigenvalue weighted by Crippen LogP contribution is -2.44. The number of aryl methyl sites for hydroxylation is 1. The second kappa shape index (κ2) is 7.56. The summed E-state index contributed by atoms with van der Waals surface area (Å²) < 4.78 is 0. The van der Waals surface area contributed by atoms with E-state index in [1.807, 2.05) is 34.7 Å². The summed E-state index contributed by atoms with van der Waals surface area (Å²) in [5, 5.41) is 6.82. The Bertz CT molecular complexity index is 899. The van der Waals surface area contributed by atoms with Crippen LogP contribution in [-0.2, 0) is 6.54 Å². The quantitative estimate of drug-likeness (QED) is 0.760. The summed E-state index contributed by atoms with van der Waals surface area (Å²) in [6.45, 7) is 4.63. The summed E-state index contributed by atoms with van der Waals surface area (Å²) in [5.74, 6) is 0.177. The maximum Gasteiger partial charge on any atom is 0.263 e. The van der Waals surface area contributed by atoms with Crippen LogP contribution in [0.15, 0.2) is 48.0 Å². The second-order valence-corrected chi connectivity index (χ2v) is 7.86. The van der Waals surface area contributed by atoms with Crippen molar-refractivity contribution in [2.24, 2.45) is 0 Å². The molecule has 4 rings (SSSR count). The molecule has 3 aromatic rings. The Hall–Kier alpha value is -2.24. The number of thiophene rings is 1. The van der Waals surface area contributed by atoms with E-state index < -0.39 is 0 Å². The fraction of sp³-hybridized carbons (Fsp3) is 0.333. The Morgan fingerprint density at radius 2 is 2.12 bits per heavy atom. The first-order valence-electron chi connectivity index (χ1n) is 9.11. The normalized spacial score (nSPS) is 15.5. The van der Waals surface area contributed by atoms with Crippen molar-refractivity contribution in [3.63, 3.8) is 0 Å². The monoisotopic (exact) mass is 365 g/mol. The highest BCUT2D eigenvalue weighted by Crippen LogP contribution is 2.20. The van der Waals surface area contributed by atoms with Crippen molar-refractivity contribution in [1.29, 1.82) is 0 Å². The first-order chi connectivity index (χ1) is 12.7. The summed E-state index contributed by atoms with van der Waals surface area (Å²) in [4.78, 5) is 19.7. The number of carbonyl (C=O) groups excluding carboxylic acids is 1. The molecule has 1 amide bonds.